The average molecular weight is 363 g/mol. The van der Waals surface area contributed by atoms with Crippen LogP contribution in [0.2, 0.25) is 5.02 Å². The van der Waals surface area contributed by atoms with Crippen LogP contribution < -0.4 is 5.32 Å². The van der Waals surface area contributed by atoms with Crippen molar-refractivity contribution in [2.45, 2.75) is 6.42 Å². The maximum atomic E-state index is 12.7. The molecule has 0 saturated heterocycles. The number of benzene rings is 3. The number of nitrogens with one attached hydrogen (secondary N) is 1. The lowest BCUT2D eigenvalue weighted by atomic mass is 10.0. The molecular formula is C20H15ClN4O. The Hall–Kier alpha value is -3.18. The smallest absolute Gasteiger partial charge is 0.228 e. The zero-order chi connectivity index (χ0) is 17.9. The van der Waals surface area contributed by atoms with E-state index in [1.54, 1.807) is 29.2 Å². The molecule has 0 bridgehead atoms. The van der Waals surface area contributed by atoms with Gasteiger partial charge in [-0.15, -0.1) is 0 Å². The first-order valence-corrected chi connectivity index (χ1v) is 8.49. The van der Waals surface area contributed by atoms with Gasteiger partial charge in [0, 0.05) is 5.02 Å². The standard InChI is InChI=1S/C20H15ClN4O/c21-16-8-9-19(25-13-22-12-23-25)18(11-16)24-20(26)10-15-6-3-5-14-4-1-2-7-17(14)15/h1-9,11-13H,10H2,(H,24,26). The normalized spacial score (nSPS) is 10.8. The average Bonchev–Trinajstić information content (AvgIpc) is 3.16. The molecule has 0 aliphatic carbocycles. The minimum atomic E-state index is -0.120. The number of nitrogens with zero attached hydrogens (tertiary/aromatic N) is 3. The van der Waals surface area contributed by atoms with E-state index in [9.17, 15) is 4.79 Å². The van der Waals surface area contributed by atoms with E-state index in [0.717, 1.165) is 16.3 Å². The number of rotatable bonds is 4. The monoisotopic (exact) mass is 362 g/mol. The summed E-state index contributed by atoms with van der Waals surface area (Å²) < 4.78 is 1.59. The molecule has 0 fully saturated rings. The van der Waals surface area contributed by atoms with Crippen LogP contribution in [0.15, 0.2) is 73.3 Å². The first kappa shape index (κ1) is 16.3. The Bertz CT molecular complexity index is 1070. The number of carbonyl (C=O) groups excluding carboxylic acids is 1. The van der Waals surface area contributed by atoms with E-state index in [2.05, 4.69) is 15.4 Å². The fraction of sp³-hybridized carbons (Fsp3) is 0.0500. The van der Waals surface area contributed by atoms with Gasteiger partial charge in [-0.1, -0.05) is 54.1 Å². The van der Waals surface area contributed by atoms with Gasteiger partial charge in [-0.3, -0.25) is 4.79 Å². The number of halogens is 1. The van der Waals surface area contributed by atoms with Crippen LogP contribution in [0.3, 0.4) is 0 Å². The van der Waals surface area contributed by atoms with Crippen molar-refractivity contribution in [3.63, 3.8) is 0 Å². The molecule has 26 heavy (non-hydrogen) atoms. The third-order valence-electron chi connectivity index (χ3n) is 4.13. The Morgan fingerprint density at radius 2 is 1.92 bits per heavy atom. The number of hydrogen-bond acceptors (Lipinski definition) is 3. The molecule has 0 aliphatic heterocycles. The van der Waals surface area contributed by atoms with E-state index in [4.69, 9.17) is 11.6 Å². The summed E-state index contributed by atoms with van der Waals surface area (Å²) in [6, 6.07) is 19.3. The Morgan fingerprint density at radius 3 is 2.77 bits per heavy atom. The van der Waals surface area contributed by atoms with Crippen molar-refractivity contribution >= 4 is 34.0 Å². The maximum absolute atomic E-state index is 12.7. The molecule has 0 spiro atoms. The highest BCUT2D eigenvalue weighted by Gasteiger charge is 2.12. The third-order valence-corrected chi connectivity index (χ3v) is 4.36. The van der Waals surface area contributed by atoms with Crippen molar-refractivity contribution < 1.29 is 4.79 Å². The molecule has 1 N–H and O–H groups in total. The minimum Gasteiger partial charge on any atom is -0.324 e. The number of amides is 1. The molecular weight excluding hydrogens is 348 g/mol. The third kappa shape index (κ3) is 3.30. The van der Waals surface area contributed by atoms with Crippen molar-refractivity contribution in [3.05, 3.63) is 83.9 Å². The topological polar surface area (TPSA) is 59.8 Å². The quantitative estimate of drug-likeness (QED) is 0.590. The molecule has 1 heterocycles. The fourth-order valence-electron chi connectivity index (χ4n) is 2.95. The van der Waals surface area contributed by atoms with Gasteiger partial charge in [0.1, 0.15) is 12.7 Å². The van der Waals surface area contributed by atoms with Crippen LogP contribution in [0.25, 0.3) is 16.5 Å². The summed E-state index contributed by atoms with van der Waals surface area (Å²) in [4.78, 5) is 16.6. The van der Waals surface area contributed by atoms with Gasteiger partial charge in [0.15, 0.2) is 0 Å². The predicted octanol–water partition coefficient (Wildman–Crippen LogP) is 4.26. The summed E-state index contributed by atoms with van der Waals surface area (Å²) in [6.45, 7) is 0. The van der Waals surface area contributed by atoms with Gasteiger partial charge in [0.25, 0.3) is 0 Å². The number of aromatic nitrogens is 3. The zero-order valence-corrected chi connectivity index (χ0v) is 14.5. The first-order chi connectivity index (χ1) is 12.7. The number of anilines is 1. The number of hydrogen-bond donors (Lipinski definition) is 1. The second kappa shape index (κ2) is 6.98. The summed E-state index contributed by atoms with van der Waals surface area (Å²) in [5, 5.41) is 9.79. The Morgan fingerprint density at radius 1 is 1.08 bits per heavy atom. The summed E-state index contributed by atoms with van der Waals surface area (Å²) in [5.41, 5.74) is 2.27. The second-order valence-electron chi connectivity index (χ2n) is 5.86. The van der Waals surface area contributed by atoms with E-state index in [1.165, 1.54) is 6.33 Å². The molecule has 0 atom stereocenters. The molecule has 0 aliphatic rings. The minimum absolute atomic E-state index is 0.120. The van der Waals surface area contributed by atoms with Crippen LogP contribution in [-0.4, -0.2) is 20.7 Å². The van der Waals surface area contributed by atoms with Gasteiger partial charge in [0.05, 0.1) is 17.8 Å². The van der Waals surface area contributed by atoms with Gasteiger partial charge in [0.2, 0.25) is 5.91 Å². The molecule has 4 aromatic rings. The van der Waals surface area contributed by atoms with Gasteiger partial charge >= 0.3 is 0 Å². The molecule has 0 radical (unpaired) electrons. The molecule has 5 nitrogen and oxygen atoms in total. The summed E-state index contributed by atoms with van der Waals surface area (Å²) >= 11 is 6.10. The molecule has 1 amide bonds. The summed E-state index contributed by atoms with van der Waals surface area (Å²) in [5.74, 6) is -0.120. The van der Waals surface area contributed by atoms with Gasteiger partial charge in [-0.2, -0.15) is 5.10 Å². The molecule has 4 rings (SSSR count). The van der Waals surface area contributed by atoms with E-state index in [-0.39, 0.29) is 12.3 Å². The molecule has 3 aromatic carbocycles. The highest BCUT2D eigenvalue weighted by Crippen LogP contribution is 2.25. The van der Waals surface area contributed by atoms with E-state index < -0.39 is 0 Å². The molecule has 6 heteroatoms. The maximum Gasteiger partial charge on any atom is 0.228 e. The van der Waals surface area contributed by atoms with Crippen molar-refractivity contribution in [2.24, 2.45) is 0 Å². The predicted molar refractivity (Wildman–Crippen MR) is 103 cm³/mol. The molecule has 0 saturated carbocycles. The summed E-state index contributed by atoms with van der Waals surface area (Å²) in [6.07, 6.45) is 3.28. The van der Waals surface area contributed by atoms with Crippen molar-refractivity contribution in [1.82, 2.24) is 14.8 Å². The Balaban J connectivity index is 1.62. The van der Waals surface area contributed by atoms with Gasteiger partial charge in [-0.05, 0) is 34.5 Å². The van der Waals surface area contributed by atoms with Crippen LogP contribution in [0.4, 0.5) is 5.69 Å². The van der Waals surface area contributed by atoms with Crippen molar-refractivity contribution in [2.75, 3.05) is 5.32 Å². The van der Waals surface area contributed by atoms with Crippen LogP contribution in [0.5, 0.6) is 0 Å². The number of carbonyl (C=O) groups is 1. The van der Waals surface area contributed by atoms with Crippen LogP contribution in [-0.2, 0) is 11.2 Å². The Kier molecular flexibility index (Phi) is 4.37. The molecule has 0 unspecified atom stereocenters. The fourth-order valence-corrected chi connectivity index (χ4v) is 3.13. The van der Waals surface area contributed by atoms with Crippen LogP contribution in [0, 0.1) is 0 Å². The van der Waals surface area contributed by atoms with E-state index >= 15 is 0 Å². The van der Waals surface area contributed by atoms with Crippen LogP contribution in [0.1, 0.15) is 5.56 Å². The number of fused-ring (bicyclic) bond motifs is 1. The SMILES string of the molecule is O=C(Cc1cccc2ccccc12)Nc1cc(Cl)ccc1-n1cncn1. The van der Waals surface area contributed by atoms with Crippen molar-refractivity contribution in [3.8, 4) is 5.69 Å². The highest BCUT2D eigenvalue weighted by atomic mass is 35.5. The molecule has 1 aromatic heterocycles. The second-order valence-corrected chi connectivity index (χ2v) is 6.30. The Labute approximate surface area is 155 Å². The van der Waals surface area contributed by atoms with Crippen LogP contribution >= 0.6 is 11.6 Å². The van der Waals surface area contributed by atoms with Crippen molar-refractivity contribution in [1.29, 1.82) is 0 Å². The van der Waals surface area contributed by atoms with E-state index in [1.807, 2.05) is 42.5 Å². The molecule has 128 valence electrons. The zero-order valence-electron chi connectivity index (χ0n) is 13.8. The highest BCUT2D eigenvalue weighted by molar-refractivity contribution is 6.31. The first-order valence-electron chi connectivity index (χ1n) is 8.12. The van der Waals surface area contributed by atoms with Gasteiger partial charge < -0.3 is 5.32 Å². The van der Waals surface area contributed by atoms with Gasteiger partial charge in [-0.25, -0.2) is 9.67 Å². The lowest BCUT2D eigenvalue weighted by Crippen LogP contribution is -2.16. The lowest BCUT2D eigenvalue weighted by Gasteiger charge is -2.12. The largest absolute Gasteiger partial charge is 0.324 e. The lowest BCUT2D eigenvalue weighted by molar-refractivity contribution is -0.115. The summed E-state index contributed by atoms with van der Waals surface area (Å²) in [7, 11) is 0. The van der Waals surface area contributed by atoms with E-state index in [0.29, 0.717) is 16.4 Å².